The molecule has 0 spiro atoms. The summed E-state index contributed by atoms with van der Waals surface area (Å²) in [5.41, 5.74) is 6.00. The van der Waals surface area contributed by atoms with Crippen LogP contribution in [-0.2, 0) is 4.79 Å². The third-order valence-corrected chi connectivity index (χ3v) is 3.15. The van der Waals surface area contributed by atoms with Gasteiger partial charge in [0.15, 0.2) is 0 Å². The van der Waals surface area contributed by atoms with Crippen LogP contribution < -0.4 is 5.73 Å². The van der Waals surface area contributed by atoms with Crippen LogP contribution in [0.4, 0.5) is 0 Å². The minimum Gasteiger partial charge on any atom is -0.345 e. The maximum absolute atomic E-state index is 12.1. The summed E-state index contributed by atoms with van der Waals surface area (Å²) in [6, 6.07) is 0.0841. The quantitative estimate of drug-likeness (QED) is 0.772. The van der Waals surface area contributed by atoms with Crippen LogP contribution in [0.3, 0.4) is 0 Å². The molecule has 0 aliphatic heterocycles. The van der Waals surface area contributed by atoms with Crippen molar-refractivity contribution in [2.75, 3.05) is 13.6 Å². The van der Waals surface area contributed by atoms with Crippen LogP contribution in [0.25, 0.3) is 0 Å². The van der Waals surface area contributed by atoms with Crippen molar-refractivity contribution in [2.45, 2.75) is 45.6 Å². The van der Waals surface area contributed by atoms with Gasteiger partial charge in [-0.1, -0.05) is 26.7 Å². The lowest BCUT2D eigenvalue weighted by atomic mass is 9.84. The number of nitrogens with two attached hydrogens (primary N) is 1. The molecule has 0 radical (unpaired) electrons. The van der Waals surface area contributed by atoms with Crippen LogP contribution in [0.15, 0.2) is 0 Å². The van der Waals surface area contributed by atoms with Gasteiger partial charge in [-0.3, -0.25) is 4.79 Å². The lowest BCUT2D eigenvalue weighted by Crippen LogP contribution is -2.45. The Morgan fingerprint density at radius 2 is 2.00 bits per heavy atom. The van der Waals surface area contributed by atoms with E-state index < -0.39 is 0 Å². The van der Waals surface area contributed by atoms with Crippen LogP contribution in [0.5, 0.6) is 0 Å². The molecule has 1 amide bonds. The predicted molar refractivity (Wildman–Crippen MR) is 62.4 cm³/mol. The Hall–Kier alpha value is -0.570. The number of hydrogen-bond donors (Lipinski definition) is 1. The monoisotopic (exact) mass is 212 g/mol. The topological polar surface area (TPSA) is 46.3 Å². The standard InChI is InChI=1S/C12H24N2O/c1-9(2)8-14(3)12(15)10-6-4-5-7-11(10)13/h9-11H,4-8,13H2,1-3H3. The molecule has 1 rings (SSSR count). The van der Waals surface area contributed by atoms with Crippen molar-refractivity contribution >= 4 is 5.91 Å². The molecule has 0 bridgehead atoms. The first-order valence-electron chi connectivity index (χ1n) is 6.03. The van der Waals surface area contributed by atoms with E-state index in [9.17, 15) is 4.79 Å². The van der Waals surface area contributed by atoms with E-state index in [0.29, 0.717) is 5.92 Å². The fraction of sp³-hybridized carbons (Fsp3) is 0.917. The molecule has 3 nitrogen and oxygen atoms in total. The van der Waals surface area contributed by atoms with E-state index >= 15 is 0 Å². The van der Waals surface area contributed by atoms with Crippen molar-refractivity contribution in [3.63, 3.8) is 0 Å². The molecular formula is C12H24N2O. The molecule has 1 aliphatic carbocycles. The normalized spacial score (nSPS) is 26.7. The molecule has 0 aromatic carbocycles. The van der Waals surface area contributed by atoms with Gasteiger partial charge in [0.2, 0.25) is 5.91 Å². The molecule has 3 heteroatoms. The minimum atomic E-state index is 0.0718. The van der Waals surface area contributed by atoms with Crippen molar-refractivity contribution < 1.29 is 4.79 Å². The largest absolute Gasteiger partial charge is 0.345 e. The van der Waals surface area contributed by atoms with Crippen LogP contribution in [-0.4, -0.2) is 30.4 Å². The molecule has 2 unspecified atom stereocenters. The van der Waals surface area contributed by atoms with Crippen LogP contribution >= 0.6 is 0 Å². The van der Waals surface area contributed by atoms with E-state index in [1.54, 1.807) is 0 Å². The summed E-state index contributed by atoms with van der Waals surface area (Å²) in [6.45, 7) is 5.09. The molecule has 2 atom stereocenters. The van der Waals surface area contributed by atoms with Gasteiger partial charge in [0.1, 0.15) is 0 Å². The SMILES string of the molecule is CC(C)CN(C)C(=O)C1CCCCC1N. The highest BCUT2D eigenvalue weighted by atomic mass is 16.2. The Labute approximate surface area is 93.0 Å². The molecule has 0 aromatic rings. The molecule has 0 heterocycles. The number of nitrogens with zero attached hydrogens (tertiary/aromatic N) is 1. The maximum atomic E-state index is 12.1. The van der Waals surface area contributed by atoms with Crippen molar-refractivity contribution in [3.05, 3.63) is 0 Å². The van der Waals surface area contributed by atoms with E-state index in [0.717, 1.165) is 25.8 Å². The Balaban J connectivity index is 2.50. The highest BCUT2D eigenvalue weighted by Gasteiger charge is 2.30. The Morgan fingerprint density at radius 3 is 2.53 bits per heavy atom. The third kappa shape index (κ3) is 3.49. The zero-order valence-electron chi connectivity index (χ0n) is 10.2. The number of amides is 1. The summed E-state index contributed by atoms with van der Waals surface area (Å²) in [5, 5.41) is 0. The molecule has 1 fully saturated rings. The summed E-state index contributed by atoms with van der Waals surface area (Å²) in [4.78, 5) is 13.9. The molecule has 88 valence electrons. The van der Waals surface area contributed by atoms with Gasteiger partial charge in [-0.25, -0.2) is 0 Å². The second-order valence-electron chi connectivity index (χ2n) is 5.17. The molecule has 0 saturated heterocycles. The Kier molecular flexibility index (Phi) is 4.58. The first-order chi connectivity index (χ1) is 7.02. The molecule has 15 heavy (non-hydrogen) atoms. The maximum Gasteiger partial charge on any atom is 0.226 e. The van der Waals surface area contributed by atoms with Crippen molar-refractivity contribution in [1.29, 1.82) is 0 Å². The van der Waals surface area contributed by atoms with E-state index in [1.165, 1.54) is 6.42 Å². The summed E-state index contributed by atoms with van der Waals surface area (Å²) in [6.07, 6.45) is 4.31. The zero-order valence-corrected chi connectivity index (χ0v) is 10.2. The van der Waals surface area contributed by atoms with Gasteiger partial charge in [0, 0.05) is 19.6 Å². The van der Waals surface area contributed by atoms with Crippen molar-refractivity contribution in [3.8, 4) is 0 Å². The van der Waals surface area contributed by atoms with Crippen molar-refractivity contribution in [2.24, 2.45) is 17.6 Å². The first-order valence-corrected chi connectivity index (χ1v) is 6.03. The van der Waals surface area contributed by atoms with Gasteiger partial charge < -0.3 is 10.6 Å². The number of rotatable bonds is 3. The average molecular weight is 212 g/mol. The predicted octanol–water partition coefficient (Wildman–Crippen LogP) is 1.62. The molecular weight excluding hydrogens is 188 g/mol. The third-order valence-electron chi connectivity index (χ3n) is 3.15. The lowest BCUT2D eigenvalue weighted by Gasteiger charge is -2.31. The zero-order chi connectivity index (χ0) is 11.4. The fourth-order valence-corrected chi connectivity index (χ4v) is 2.39. The van der Waals surface area contributed by atoms with Gasteiger partial charge >= 0.3 is 0 Å². The van der Waals surface area contributed by atoms with Crippen LogP contribution in [0.2, 0.25) is 0 Å². The first kappa shape index (κ1) is 12.5. The van der Waals surface area contributed by atoms with Crippen molar-refractivity contribution in [1.82, 2.24) is 4.90 Å². The van der Waals surface area contributed by atoms with Gasteiger partial charge in [0.25, 0.3) is 0 Å². The van der Waals surface area contributed by atoms with E-state index in [4.69, 9.17) is 5.73 Å². The molecule has 0 aromatic heterocycles. The second-order valence-corrected chi connectivity index (χ2v) is 5.17. The number of carbonyl (C=O) groups excluding carboxylic acids is 1. The van der Waals surface area contributed by atoms with Gasteiger partial charge in [-0.2, -0.15) is 0 Å². The lowest BCUT2D eigenvalue weighted by molar-refractivity contribution is -0.136. The smallest absolute Gasteiger partial charge is 0.226 e. The highest BCUT2D eigenvalue weighted by Crippen LogP contribution is 2.24. The van der Waals surface area contributed by atoms with E-state index in [2.05, 4.69) is 13.8 Å². The second kappa shape index (κ2) is 5.50. The fourth-order valence-electron chi connectivity index (χ4n) is 2.39. The number of hydrogen-bond acceptors (Lipinski definition) is 2. The van der Waals surface area contributed by atoms with Crippen LogP contribution in [0, 0.1) is 11.8 Å². The number of carbonyl (C=O) groups is 1. The Bertz CT molecular complexity index is 216. The van der Waals surface area contributed by atoms with Gasteiger partial charge in [-0.05, 0) is 18.8 Å². The molecule has 2 N–H and O–H groups in total. The summed E-state index contributed by atoms with van der Waals surface area (Å²) >= 11 is 0. The minimum absolute atomic E-state index is 0.0718. The van der Waals surface area contributed by atoms with E-state index in [-0.39, 0.29) is 17.9 Å². The molecule has 1 aliphatic rings. The van der Waals surface area contributed by atoms with Crippen LogP contribution in [0.1, 0.15) is 39.5 Å². The average Bonchev–Trinajstić information content (AvgIpc) is 2.16. The summed E-state index contributed by atoms with van der Waals surface area (Å²) < 4.78 is 0. The van der Waals surface area contributed by atoms with Gasteiger partial charge in [-0.15, -0.1) is 0 Å². The summed E-state index contributed by atoms with van der Waals surface area (Å²) in [5.74, 6) is 0.845. The highest BCUT2D eigenvalue weighted by molar-refractivity contribution is 5.79. The van der Waals surface area contributed by atoms with Gasteiger partial charge in [0.05, 0.1) is 5.92 Å². The Morgan fingerprint density at radius 1 is 1.40 bits per heavy atom. The van der Waals surface area contributed by atoms with E-state index in [1.807, 2.05) is 11.9 Å². The summed E-state index contributed by atoms with van der Waals surface area (Å²) in [7, 11) is 1.89. The molecule has 1 saturated carbocycles.